The highest BCUT2D eigenvalue weighted by atomic mass is 19.1. The van der Waals surface area contributed by atoms with E-state index >= 15 is 0 Å². The lowest BCUT2D eigenvalue weighted by Crippen LogP contribution is -2.51. The van der Waals surface area contributed by atoms with Crippen LogP contribution in [0.3, 0.4) is 0 Å². The van der Waals surface area contributed by atoms with Crippen molar-refractivity contribution in [3.05, 3.63) is 29.6 Å². The van der Waals surface area contributed by atoms with Crippen LogP contribution in [0, 0.1) is 5.82 Å². The quantitative estimate of drug-likeness (QED) is 0.857. The Balaban J connectivity index is 2.30. The number of carbonyl (C=O) groups excluding carboxylic acids is 2. The Labute approximate surface area is 116 Å². The van der Waals surface area contributed by atoms with E-state index in [4.69, 9.17) is 0 Å². The van der Waals surface area contributed by atoms with E-state index < -0.39 is 17.8 Å². The minimum Gasteiger partial charge on any atom is -0.507 e. The van der Waals surface area contributed by atoms with Crippen molar-refractivity contribution in [3.8, 4) is 5.75 Å². The van der Waals surface area contributed by atoms with Crippen LogP contribution >= 0.6 is 0 Å². The number of aromatic hydroxyl groups is 1. The van der Waals surface area contributed by atoms with Gasteiger partial charge in [0.1, 0.15) is 17.6 Å². The van der Waals surface area contributed by atoms with E-state index in [2.05, 4.69) is 5.32 Å². The molecule has 5 nitrogen and oxygen atoms in total. The number of likely N-dealkylation sites (tertiary alicyclic amines) is 1. The lowest BCUT2D eigenvalue weighted by atomic mass is 10.00. The van der Waals surface area contributed by atoms with Gasteiger partial charge in [0.15, 0.2) is 0 Å². The predicted molar refractivity (Wildman–Crippen MR) is 70.8 cm³/mol. The third-order valence-corrected chi connectivity index (χ3v) is 3.50. The first-order chi connectivity index (χ1) is 9.54. The highest BCUT2D eigenvalue weighted by Crippen LogP contribution is 2.24. The molecule has 0 saturated carbocycles. The standard InChI is InChI=1S/C14H17FN2O3/c1-16-13(19)11-4-2-3-7-17(11)14(20)10-8-9(15)5-6-12(10)18/h5-6,8,11,18H,2-4,7H2,1H3,(H,16,19). The van der Waals surface area contributed by atoms with Gasteiger partial charge in [-0.05, 0) is 37.5 Å². The molecular formula is C14H17FN2O3. The summed E-state index contributed by atoms with van der Waals surface area (Å²) in [4.78, 5) is 25.6. The third kappa shape index (κ3) is 2.74. The van der Waals surface area contributed by atoms with E-state index in [-0.39, 0.29) is 17.2 Å². The molecule has 1 aromatic carbocycles. The second-order valence-corrected chi connectivity index (χ2v) is 4.79. The largest absolute Gasteiger partial charge is 0.507 e. The fraction of sp³-hybridized carbons (Fsp3) is 0.429. The molecule has 1 unspecified atom stereocenters. The van der Waals surface area contributed by atoms with Gasteiger partial charge in [-0.25, -0.2) is 4.39 Å². The van der Waals surface area contributed by atoms with Crippen LogP contribution in [-0.2, 0) is 4.79 Å². The number of carbonyl (C=O) groups is 2. The number of phenols is 1. The van der Waals surface area contributed by atoms with Crippen LogP contribution in [0.2, 0.25) is 0 Å². The van der Waals surface area contributed by atoms with Crippen LogP contribution in [0.1, 0.15) is 29.6 Å². The summed E-state index contributed by atoms with van der Waals surface area (Å²) in [5, 5.41) is 12.2. The predicted octanol–water partition coefficient (Wildman–Crippen LogP) is 1.27. The number of rotatable bonds is 2. The van der Waals surface area contributed by atoms with Gasteiger partial charge >= 0.3 is 0 Å². The molecule has 1 heterocycles. The summed E-state index contributed by atoms with van der Waals surface area (Å²) in [6.07, 6.45) is 2.22. The van der Waals surface area contributed by atoms with Gasteiger partial charge in [0, 0.05) is 13.6 Å². The molecule has 2 rings (SSSR count). The smallest absolute Gasteiger partial charge is 0.258 e. The maximum atomic E-state index is 13.2. The molecule has 1 atom stereocenters. The Morgan fingerprint density at radius 2 is 2.15 bits per heavy atom. The number of hydrogen-bond donors (Lipinski definition) is 2. The molecule has 108 valence electrons. The third-order valence-electron chi connectivity index (χ3n) is 3.50. The number of piperidine rings is 1. The molecule has 0 spiro atoms. The van der Waals surface area contributed by atoms with Crippen LogP contribution in [0.25, 0.3) is 0 Å². The SMILES string of the molecule is CNC(=O)C1CCCCN1C(=O)c1cc(F)ccc1O. The topological polar surface area (TPSA) is 69.6 Å². The molecular weight excluding hydrogens is 263 g/mol. The molecule has 6 heteroatoms. The second-order valence-electron chi connectivity index (χ2n) is 4.79. The first-order valence-electron chi connectivity index (χ1n) is 6.55. The van der Waals surface area contributed by atoms with E-state index in [0.717, 1.165) is 31.0 Å². The van der Waals surface area contributed by atoms with Crippen molar-refractivity contribution in [2.24, 2.45) is 0 Å². The number of likely N-dealkylation sites (N-methyl/N-ethyl adjacent to an activating group) is 1. The van der Waals surface area contributed by atoms with E-state index in [9.17, 15) is 19.1 Å². The molecule has 0 aromatic heterocycles. The van der Waals surface area contributed by atoms with Crippen LogP contribution in [-0.4, -0.2) is 41.5 Å². The number of phenolic OH excluding ortho intramolecular Hbond substituents is 1. The molecule has 2 amide bonds. The first kappa shape index (κ1) is 14.3. The minimum absolute atomic E-state index is 0.110. The van der Waals surface area contributed by atoms with Crippen molar-refractivity contribution in [3.63, 3.8) is 0 Å². The zero-order chi connectivity index (χ0) is 14.7. The number of amides is 2. The molecule has 0 radical (unpaired) electrons. The monoisotopic (exact) mass is 280 g/mol. The molecule has 1 aliphatic rings. The summed E-state index contributed by atoms with van der Waals surface area (Å²) < 4.78 is 13.2. The van der Waals surface area contributed by atoms with Crippen LogP contribution < -0.4 is 5.32 Å². The Morgan fingerprint density at radius 3 is 2.85 bits per heavy atom. The fourth-order valence-corrected chi connectivity index (χ4v) is 2.45. The van der Waals surface area contributed by atoms with E-state index in [0.29, 0.717) is 13.0 Å². The highest BCUT2D eigenvalue weighted by Gasteiger charge is 2.33. The number of halogens is 1. The summed E-state index contributed by atoms with van der Waals surface area (Å²) in [5.74, 6) is -1.64. The molecule has 1 aliphatic heterocycles. The maximum absolute atomic E-state index is 13.2. The van der Waals surface area contributed by atoms with Crippen LogP contribution in [0.5, 0.6) is 5.75 Å². The Morgan fingerprint density at radius 1 is 1.40 bits per heavy atom. The molecule has 0 bridgehead atoms. The van der Waals surface area contributed by atoms with Crippen molar-refractivity contribution >= 4 is 11.8 Å². The van der Waals surface area contributed by atoms with Crippen molar-refractivity contribution in [1.29, 1.82) is 0 Å². The second kappa shape index (κ2) is 5.90. The molecule has 1 saturated heterocycles. The Hall–Kier alpha value is -2.11. The van der Waals surface area contributed by atoms with Gasteiger partial charge in [0.2, 0.25) is 5.91 Å². The van der Waals surface area contributed by atoms with Gasteiger partial charge in [0.05, 0.1) is 5.56 Å². The maximum Gasteiger partial charge on any atom is 0.258 e. The first-order valence-corrected chi connectivity index (χ1v) is 6.55. The average molecular weight is 280 g/mol. The number of benzene rings is 1. The van der Waals surface area contributed by atoms with E-state index in [1.807, 2.05) is 0 Å². The van der Waals surface area contributed by atoms with Gasteiger partial charge in [-0.15, -0.1) is 0 Å². The number of hydrogen-bond acceptors (Lipinski definition) is 3. The lowest BCUT2D eigenvalue weighted by molar-refractivity contribution is -0.126. The summed E-state index contributed by atoms with van der Waals surface area (Å²) in [5.41, 5.74) is -0.110. The molecule has 0 aliphatic carbocycles. The van der Waals surface area contributed by atoms with Crippen LogP contribution in [0.4, 0.5) is 4.39 Å². The summed E-state index contributed by atoms with van der Waals surface area (Å²) >= 11 is 0. The minimum atomic E-state index is -0.598. The molecule has 2 N–H and O–H groups in total. The summed E-state index contributed by atoms with van der Waals surface area (Å²) in [7, 11) is 1.51. The highest BCUT2D eigenvalue weighted by molar-refractivity contribution is 5.99. The molecule has 1 fully saturated rings. The van der Waals surface area contributed by atoms with Gasteiger partial charge in [-0.3, -0.25) is 9.59 Å². The van der Waals surface area contributed by atoms with Crippen molar-refractivity contribution in [1.82, 2.24) is 10.2 Å². The summed E-state index contributed by atoms with van der Waals surface area (Å²) in [6, 6.07) is 2.65. The van der Waals surface area contributed by atoms with Crippen molar-refractivity contribution in [2.75, 3.05) is 13.6 Å². The fourth-order valence-electron chi connectivity index (χ4n) is 2.45. The van der Waals surface area contributed by atoms with Crippen LogP contribution in [0.15, 0.2) is 18.2 Å². The normalized spacial score (nSPS) is 18.7. The molecule has 1 aromatic rings. The number of nitrogens with zero attached hydrogens (tertiary/aromatic N) is 1. The molecule has 20 heavy (non-hydrogen) atoms. The Kier molecular flexibility index (Phi) is 4.22. The van der Waals surface area contributed by atoms with Gasteiger partial charge in [-0.1, -0.05) is 0 Å². The van der Waals surface area contributed by atoms with E-state index in [1.165, 1.54) is 11.9 Å². The zero-order valence-electron chi connectivity index (χ0n) is 11.2. The van der Waals surface area contributed by atoms with Gasteiger partial charge in [0.25, 0.3) is 5.91 Å². The van der Waals surface area contributed by atoms with Gasteiger partial charge in [-0.2, -0.15) is 0 Å². The average Bonchev–Trinajstić information content (AvgIpc) is 2.48. The zero-order valence-corrected chi connectivity index (χ0v) is 11.2. The Bertz CT molecular complexity index is 533. The van der Waals surface area contributed by atoms with E-state index in [1.54, 1.807) is 0 Å². The van der Waals surface area contributed by atoms with Crippen molar-refractivity contribution < 1.29 is 19.1 Å². The van der Waals surface area contributed by atoms with Crippen molar-refractivity contribution in [2.45, 2.75) is 25.3 Å². The number of nitrogens with one attached hydrogen (secondary N) is 1. The summed E-state index contributed by atoms with van der Waals surface area (Å²) in [6.45, 7) is 0.423. The lowest BCUT2D eigenvalue weighted by Gasteiger charge is -2.34. The van der Waals surface area contributed by atoms with Gasteiger partial charge < -0.3 is 15.3 Å².